The van der Waals surface area contributed by atoms with E-state index >= 15 is 0 Å². The Morgan fingerprint density at radius 3 is 1.25 bits per heavy atom. The van der Waals surface area contributed by atoms with Crippen molar-refractivity contribution >= 4 is 0 Å². The first kappa shape index (κ1) is 15.7. The molecular formula is ErOYZr. The Hall–Kier alpha value is 3.03. The van der Waals surface area contributed by atoms with Gasteiger partial charge in [-0.05, 0) is 0 Å². The molecule has 0 aliphatic heterocycles. The molecule has 0 atom stereocenters. The van der Waals surface area contributed by atoms with Gasteiger partial charge in [0.15, 0.2) is 0 Å². The fourth-order valence-electron chi connectivity index (χ4n) is 0. The first-order valence-electron chi connectivity index (χ1n) is 0.118. The molecule has 0 saturated heterocycles. The topological polar surface area (TPSA) is 17.1 Å². The minimum absolute atomic E-state index is 0. The van der Waals surface area contributed by atoms with Crippen molar-refractivity contribution in [2.45, 2.75) is 0 Å². The second-order valence-electron chi connectivity index (χ2n) is 0. The van der Waals surface area contributed by atoms with E-state index in [1.54, 1.807) is 0 Å². The summed E-state index contributed by atoms with van der Waals surface area (Å²) in [6.45, 7) is 0. The molecule has 0 saturated carbocycles. The van der Waals surface area contributed by atoms with Crippen LogP contribution in [-0.2, 0) is 60.4 Å². The van der Waals surface area contributed by atoms with E-state index in [-0.39, 0.29) is 58.9 Å². The average Bonchev–Trinajstić information content (AvgIpc) is 1.00. The van der Waals surface area contributed by atoms with Crippen LogP contribution in [0.1, 0.15) is 0 Å². The van der Waals surface area contributed by atoms with Gasteiger partial charge in [0.25, 0.3) is 0 Å². The molecule has 0 aromatic rings. The fourth-order valence-corrected chi connectivity index (χ4v) is 0. The van der Waals surface area contributed by atoms with Crippen LogP contribution in [0.2, 0.25) is 0 Å². The summed E-state index contributed by atoms with van der Waals surface area (Å²) in [5, 5.41) is 0. The Morgan fingerprint density at radius 2 is 1.25 bits per heavy atom. The van der Waals surface area contributed by atoms with Crippen LogP contribution in [0.3, 0.4) is 0 Å². The van der Waals surface area contributed by atoms with Gasteiger partial charge in [0.1, 0.15) is 0 Å². The third kappa shape index (κ3) is 8.90. The smallest absolute Gasteiger partial charge is 0 e. The molecule has 0 aromatic carbocycles. The van der Waals surface area contributed by atoms with Crippen LogP contribution >= 0.6 is 0 Å². The SMILES string of the molecule is [O]=[Er].[Y].[Zr]. The van der Waals surface area contributed by atoms with Gasteiger partial charge in [0, 0.05) is 58.9 Å². The summed E-state index contributed by atoms with van der Waals surface area (Å²) in [7, 11) is 0. The average molecular weight is 363 g/mol. The van der Waals surface area contributed by atoms with E-state index in [1.807, 2.05) is 0 Å². The van der Waals surface area contributed by atoms with Crippen LogP contribution in [-0.4, -0.2) is 0 Å². The van der Waals surface area contributed by atoms with E-state index < -0.39 is 0 Å². The molecule has 0 unspecified atom stereocenters. The maximum Gasteiger partial charge on any atom is 0 e. The molecule has 0 aliphatic carbocycles. The van der Waals surface area contributed by atoms with Crippen molar-refractivity contribution < 1.29 is 95.9 Å². The van der Waals surface area contributed by atoms with Crippen molar-refractivity contribution in [3.63, 3.8) is 0 Å². The maximum absolute atomic E-state index is 8.17. The van der Waals surface area contributed by atoms with Gasteiger partial charge in [-0.15, -0.1) is 0 Å². The third-order valence-corrected chi connectivity index (χ3v) is 0. The van der Waals surface area contributed by atoms with E-state index in [0.717, 1.165) is 0 Å². The standard InChI is InChI=1S/Er.O.Y.Zr. The molecule has 0 amide bonds. The van der Waals surface area contributed by atoms with Gasteiger partial charge >= 0.3 is 36.9 Å². The molecule has 0 heterocycles. The Labute approximate surface area is 93.4 Å². The van der Waals surface area contributed by atoms with Crippen molar-refractivity contribution in [1.29, 1.82) is 0 Å². The molecule has 0 N–H and O–H groups in total. The molecular weight excluding hydrogens is 363 g/mol. The third-order valence-electron chi connectivity index (χ3n) is 0. The predicted molar refractivity (Wildman–Crippen MR) is 0.686 cm³/mol. The molecule has 1 radical (unpaired) electrons. The van der Waals surface area contributed by atoms with Gasteiger partial charge in [-0.2, -0.15) is 0 Å². The Morgan fingerprint density at radius 1 is 1.25 bits per heavy atom. The summed E-state index contributed by atoms with van der Waals surface area (Å²) >= 11 is 1.17. The van der Waals surface area contributed by atoms with Crippen LogP contribution in [0.25, 0.3) is 0 Å². The number of hydrogen-bond donors (Lipinski definition) is 0. The van der Waals surface area contributed by atoms with E-state index in [4.69, 9.17) is 1.49 Å². The summed E-state index contributed by atoms with van der Waals surface area (Å²) in [5.41, 5.74) is 0. The van der Waals surface area contributed by atoms with Gasteiger partial charge in [-0.25, -0.2) is 0 Å². The summed E-state index contributed by atoms with van der Waals surface area (Å²) in [6.07, 6.45) is 0. The summed E-state index contributed by atoms with van der Waals surface area (Å²) in [4.78, 5) is 0. The molecule has 0 aromatic heterocycles. The van der Waals surface area contributed by atoms with E-state index in [1.165, 1.54) is 35.5 Å². The maximum atomic E-state index is 8.17. The molecule has 0 spiro atoms. The molecule has 1 nitrogen and oxygen atoms in total. The summed E-state index contributed by atoms with van der Waals surface area (Å²) in [5.74, 6) is 0. The normalized spacial score (nSPS) is 1.50. The quantitative estimate of drug-likeness (QED) is 0.586. The second kappa shape index (κ2) is 16.6. The number of hydrogen-bond acceptors (Lipinski definition) is 1. The summed E-state index contributed by atoms with van der Waals surface area (Å²) in [6, 6.07) is 0. The zero-order valence-corrected chi connectivity index (χ0v) is 8.92. The minimum Gasteiger partial charge on any atom is 0 e. The predicted octanol–water partition coefficient (Wildman–Crippen LogP) is -0.124. The van der Waals surface area contributed by atoms with Crippen LogP contribution < -0.4 is 0 Å². The van der Waals surface area contributed by atoms with Crippen molar-refractivity contribution in [2.75, 3.05) is 0 Å². The summed E-state index contributed by atoms with van der Waals surface area (Å²) < 4.78 is 8.17. The van der Waals surface area contributed by atoms with Gasteiger partial charge in [0.05, 0.1) is 0 Å². The van der Waals surface area contributed by atoms with Crippen molar-refractivity contribution in [3.8, 4) is 0 Å². The van der Waals surface area contributed by atoms with Crippen LogP contribution in [0.4, 0.5) is 0 Å². The molecule has 4 heteroatoms. The fraction of sp³-hybridized carbons (Fsp3) is 0. The van der Waals surface area contributed by atoms with E-state index in [0.29, 0.717) is 0 Å². The van der Waals surface area contributed by atoms with Crippen LogP contribution in [0.5, 0.6) is 0 Å². The van der Waals surface area contributed by atoms with Crippen molar-refractivity contribution in [2.24, 2.45) is 0 Å². The van der Waals surface area contributed by atoms with Gasteiger partial charge in [0.2, 0.25) is 0 Å². The van der Waals surface area contributed by atoms with E-state index in [9.17, 15) is 0 Å². The molecule has 0 fully saturated rings. The molecule has 4 heavy (non-hydrogen) atoms. The van der Waals surface area contributed by atoms with E-state index in [2.05, 4.69) is 0 Å². The minimum atomic E-state index is 0. The zero-order chi connectivity index (χ0) is 2.00. The first-order chi connectivity index (χ1) is 1.00. The Bertz CT molecular complexity index is 8.00. The molecule has 25 valence electrons. The van der Waals surface area contributed by atoms with Crippen molar-refractivity contribution in [3.05, 3.63) is 0 Å². The van der Waals surface area contributed by atoms with Crippen LogP contribution in [0.15, 0.2) is 0 Å². The van der Waals surface area contributed by atoms with Crippen molar-refractivity contribution in [1.82, 2.24) is 0 Å². The van der Waals surface area contributed by atoms with Gasteiger partial charge in [-0.3, -0.25) is 0 Å². The first-order valence-corrected chi connectivity index (χ1v) is 0.874. The van der Waals surface area contributed by atoms with Gasteiger partial charge < -0.3 is 0 Å². The number of rotatable bonds is 0. The Balaban J connectivity index is -0.00000000500. The second-order valence-corrected chi connectivity index (χ2v) is 0. The Kier molecular flexibility index (Phi) is 65.4. The monoisotopic (exact) mass is 361 g/mol. The molecule has 0 bridgehead atoms. The molecule has 0 rings (SSSR count). The largest absolute Gasteiger partial charge is 0 e. The molecule has 0 aliphatic rings. The van der Waals surface area contributed by atoms with Crippen LogP contribution in [0, 0.1) is 35.5 Å². The van der Waals surface area contributed by atoms with Gasteiger partial charge in [-0.1, -0.05) is 0 Å². The zero-order valence-electron chi connectivity index (χ0n) is 1.77.